The minimum atomic E-state index is 0.0160. The van der Waals surface area contributed by atoms with Crippen molar-refractivity contribution < 1.29 is 4.79 Å². The second kappa shape index (κ2) is 6.76. The molecule has 7 nitrogen and oxygen atoms in total. The zero-order valence-electron chi connectivity index (χ0n) is 11.6. The molecule has 2 aromatic rings. The molecule has 20 heavy (non-hydrogen) atoms. The molecule has 2 N–H and O–H groups in total. The molecule has 0 saturated heterocycles. The molecule has 0 saturated carbocycles. The van der Waals surface area contributed by atoms with E-state index in [0.29, 0.717) is 13.0 Å². The lowest BCUT2D eigenvalue weighted by molar-refractivity contribution is -0.120. The first-order valence-corrected chi connectivity index (χ1v) is 6.45. The average Bonchev–Trinajstić information content (AvgIpc) is 2.99. The van der Waals surface area contributed by atoms with E-state index in [1.807, 2.05) is 38.2 Å². The van der Waals surface area contributed by atoms with Gasteiger partial charge < -0.3 is 10.6 Å². The van der Waals surface area contributed by atoms with Crippen molar-refractivity contribution in [2.24, 2.45) is 0 Å². The number of tetrazole rings is 1. The second-order valence-corrected chi connectivity index (χ2v) is 4.59. The maximum atomic E-state index is 11.8. The quantitative estimate of drug-likeness (QED) is 0.770. The normalized spacial score (nSPS) is 12.1. The summed E-state index contributed by atoms with van der Waals surface area (Å²) in [5.41, 5.74) is 1.82. The first-order chi connectivity index (χ1) is 9.69. The minimum Gasteiger partial charge on any atom is -0.354 e. The number of nitrogens with one attached hydrogen (secondary N) is 2. The van der Waals surface area contributed by atoms with Crippen LogP contribution < -0.4 is 10.6 Å². The Bertz CT molecular complexity index is 536. The van der Waals surface area contributed by atoms with Crippen molar-refractivity contribution in [1.29, 1.82) is 0 Å². The van der Waals surface area contributed by atoms with Gasteiger partial charge >= 0.3 is 0 Å². The third kappa shape index (κ3) is 3.86. The third-order valence-corrected chi connectivity index (χ3v) is 3.01. The fraction of sp³-hybridized carbons (Fsp3) is 0.385. The van der Waals surface area contributed by atoms with E-state index in [1.165, 1.54) is 6.33 Å². The van der Waals surface area contributed by atoms with Gasteiger partial charge in [0, 0.05) is 12.6 Å². The summed E-state index contributed by atoms with van der Waals surface area (Å²) in [6, 6.07) is 7.83. The average molecular weight is 274 g/mol. The van der Waals surface area contributed by atoms with Crippen molar-refractivity contribution in [1.82, 2.24) is 30.8 Å². The van der Waals surface area contributed by atoms with Crippen LogP contribution in [-0.2, 0) is 11.2 Å². The molecule has 1 aromatic heterocycles. The number of benzene rings is 1. The highest BCUT2D eigenvalue weighted by Crippen LogP contribution is 2.08. The molecular formula is C13H18N6O. The fourth-order valence-electron chi connectivity index (χ4n) is 1.66. The van der Waals surface area contributed by atoms with E-state index in [1.54, 1.807) is 4.68 Å². The number of carbonyl (C=O) groups excluding carboxylic acids is 1. The number of amides is 1. The smallest absolute Gasteiger partial charge is 0.224 e. The number of hydrogen-bond donors (Lipinski definition) is 2. The van der Waals surface area contributed by atoms with Crippen LogP contribution in [0.15, 0.2) is 30.6 Å². The van der Waals surface area contributed by atoms with Crippen molar-refractivity contribution in [3.63, 3.8) is 0 Å². The maximum Gasteiger partial charge on any atom is 0.224 e. The summed E-state index contributed by atoms with van der Waals surface area (Å²) >= 11 is 0. The number of aromatic nitrogens is 4. The Morgan fingerprint density at radius 1 is 1.35 bits per heavy atom. The molecule has 0 fully saturated rings. The van der Waals surface area contributed by atoms with Gasteiger partial charge in [-0.05, 0) is 42.1 Å². The molecule has 0 radical (unpaired) electrons. The third-order valence-electron chi connectivity index (χ3n) is 3.01. The molecule has 0 aliphatic carbocycles. The number of hydrogen-bond acceptors (Lipinski definition) is 5. The Labute approximate surface area is 117 Å². The van der Waals surface area contributed by atoms with Crippen LogP contribution in [0.3, 0.4) is 0 Å². The monoisotopic (exact) mass is 274 g/mol. The van der Waals surface area contributed by atoms with Gasteiger partial charge in [0.15, 0.2) is 0 Å². The largest absolute Gasteiger partial charge is 0.354 e. The van der Waals surface area contributed by atoms with Gasteiger partial charge in [-0.3, -0.25) is 4.79 Å². The van der Waals surface area contributed by atoms with E-state index in [0.717, 1.165) is 11.3 Å². The molecule has 1 amide bonds. The highest BCUT2D eigenvalue weighted by Gasteiger charge is 2.05. The zero-order valence-corrected chi connectivity index (χ0v) is 11.6. The highest BCUT2D eigenvalue weighted by molar-refractivity contribution is 5.78. The standard InChI is InChI=1S/C13H18N6O/c1-10(14-2)8-15-13(20)7-11-3-5-12(6-4-11)19-9-16-17-18-19/h3-6,9-10,14H,7-8H2,1-2H3,(H,15,20). The van der Waals surface area contributed by atoms with Crippen LogP contribution >= 0.6 is 0 Å². The van der Waals surface area contributed by atoms with Crippen molar-refractivity contribution in [3.05, 3.63) is 36.2 Å². The van der Waals surface area contributed by atoms with Gasteiger partial charge in [-0.2, -0.15) is 0 Å². The first-order valence-electron chi connectivity index (χ1n) is 6.45. The van der Waals surface area contributed by atoms with Crippen molar-refractivity contribution in [2.75, 3.05) is 13.6 Å². The summed E-state index contributed by atoms with van der Waals surface area (Å²) in [7, 11) is 1.87. The molecule has 0 bridgehead atoms. The molecule has 1 unspecified atom stereocenters. The lowest BCUT2D eigenvalue weighted by Crippen LogP contribution is -2.37. The lowest BCUT2D eigenvalue weighted by Gasteiger charge is -2.11. The number of likely N-dealkylation sites (N-methyl/N-ethyl adjacent to an activating group) is 1. The van der Waals surface area contributed by atoms with Crippen LogP contribution in [0, 0.1) is 0 Å². The molecular weight excluding hydrogens is 256 g/mol. The predicted octanol–water partition coefficient (Wildman–Crippen LogP) is -0.0711. The SMILES string of the molecule is CNC(C)CNC(=O)Cc1ccc(-n2cnnn2)cc1. The van der Waals surface area contributed by atoms with Gasteiger partial charge in [0.05, 0.1) is 12.1 Å². The van der Waals surface area contributed by atoms with Crippen LogP contribution in [0.25, 0.3) is 5.69 Å². The summed E-state index contributed by atoms with van der Waals surface area (Å²) in [6.45, 7) is 2.64. The Morgan fingerprint density at radius 3 is 2.70 bits per heavy atom. The molecule has 0 aliphatic heterocycles. The van der Waals surface area contributed by atoms with Gasteiger partial charge in [0.2, 0.25) is 5.91 Å². The number of carbonyl (C=O) groups is 1. The summed E-state index contributed by atoms with van der Waals surface area (Å²) < 4.78 is 1.57. The summed E-state index contributed by atoms with van der Waals surface area (Å²) in [5.74, 6) is 0.0160. The van der Waals surface area contributed by atoms with Crippen LogP contribution in [0.1, 0.15) is 12.5 Å². The van der Waals surface area contributed by atoms with Crippen molar-refractivity contribution >= 4 is 5.91 Å². The molecule has 0 spiro atoms. The van der Waals surface area contributed by atoms with Gasteiger partial charge in [-0.1, -0.05) is 12.1 Å². The molecule has 7 heteroatoms. The summed E-state index contributed by atoms with van der Waals surface area (Å²) in [6.07, 6.45) is 1.90. The van der Waals surface area contributed by atoms with Crippen molar-refractivity contribution in [2.45, 2.75) is 19.4 Å². The number of nitrogens with zero attached hydrogens (tertiary/aromatic N) is 4. The molecule has 0 aliphatic rings. The maximum absolute atomic E-state index is 11.8. The molecule has 1 atom stereocenters. The Hall–Kier alpha value is -2.28. The van der Waals surface area contributed by atoms with E-state index in [4.69, 9.17) is 0 Å². The van der Waals surface area contributed by atoms with E-state index in [9.17, 15) is 4.79 Å². The molecule has 1 heterocycles. The minimum absolute atomic E-state index is 0.0160. The van der Waals surface area contributed by atoms with Gasteiger partial charge in [-0.25, -0.2) is 4.68 Å². The van der Waals surface area contributed by atoms with Crippen LogP contribution in [0.5, 0.6) is 0 Å². The van der Waals surface area contributed by atoms with Gasteiger partial charge in [0.1, 0.15) is 6.33 Å². The lowest BCUT2D eigenvalue weighted by atomic mass is 10.1. The van der Waals surface area contributed by atoms with Gasteiger partial charge in [-0.15, -0.1) is 5.10 Å². The van der Waals surface area contributed by atoms with Crippen LogP contribution in [0.4, 0.5) is 0 Å². The van der Waals surface area contributed by atoms with E-state index in [2.05, 4.69) is 26.2 Å². The Balaban J connectivity index is 1.89. The first kappa shape index (κ1) is 14.1. The van der Waals surface area contributed by atoms with E-state index >= 15 is 0 Å². The van der Waals surface area contributed by atoms with E-state index in [-0.39, 0.29) is 11.9 Å². The highest BCUT2D eigenvalue weighted by atomic mass is 16.1. The predicted molar refractivity (Wildman–Crippen MR) is 74.4 cm³/mol. The Morgan fingerprint density at radius 2 is 2.10 bits per heavy atom. The zero-order chi connectivity index (χ0) is 14.4. The fourth-order valence-corrected chi connectivity index (χ4v) is 1.66. The summed E-state index contributed by atoms with van der Waals surface area (Å²) in [4.78, 5) is 11.8. The van der Waals surface area contributed by atoms with Crippen molar-refractivity contribution in [3.8, 4) is 5.69 Å². The molecule has 106 valence electrons. The molecule has 2 rings (SSSR count). The van der Waals surface area contributed by atoms with E-state index < -0.39 is 0 Å². The summed E-state index contributed by atoms with van der Waals surface area (Å²) in [5, 5.41) is 16.9. The van der Waals surface area contributed by atoms with Crippen LogP contribution in [-0.4, -0.2) is 45.7 Å². The molecule has 1 aromatic carbocycles. The number of rotatable bonds is 6. The second-order valence-electron chi connectivity index (χ2n) is 4.59. The van der Waals surface area contributed by atoms with Crippen LogP contribution in [0.2, 0.25) is 0 Å². The Kier molecular flexibility index (Phi) is 4.78. The topological polar surface area (TPSA) is 84.7 Å². The van der Waals surface area contributed by atoms with Gasteiger partial charge in [0.25, 0.3) is 0 Å².